The normalized spacial score (nSPS) is 16.7. The standard InChI is InChI=1S/C20H20ClN5O/c21-14-7-5-12(6-8-14)17(18(22)19(23)27)13-9-26(10-13)20-15-3-1-2-4-16(15)24-11-25-20/h1-8,11,13,17-18H,9-10,22H2,(H2,23,27). The molecule has 0 saturated carbocycles. The maximum Gasteiger partial charge on any atom is 0.234 e. The zero-order chi connectivity index (χ0) is 19.0. The molecule has 3 aromatic rings. The number of rotatable bonds is 5. The van der Waals surface area contributed by atoms with E-state index >= 15 is 0 Å². The van der Waals surface area contributed by atoms with Crippen LogP contribution in [0.15, 0.2) is 54.9 Å². The Balaban J connectivity index is 1.59. The van der Waals surface area contributed by atoms with Gasteiger partial charge in [0, 0.05) is 35.3 Å². The van der Waals surface area contributed by atoms with Crippen molar-refractivity contribution in [2.75, 3.05) is 18.0 Å². The highest BCUT2D eigenvalue weighted by atomic mass is 35.5. The van der Waals surface area contributed by atoms with Crippen molar-refractivity contribution in [3.63, 3.8) is 0 Å². The summed E-state index contributed by atoms with van der Waals surface area (Å²) in [5.41, 5.74) is 13.6. The Kier molecular flexibility index (Phi) is 4.68. The van der Waals surface area contributed by atoms with Crippen LogP contribution in [-0.4, -0.2) is 35.0 Å². The summed E-state index contributed by atoms with van der Waals surface area (Å²) in [7, 11) is 0. The van der Waals surface area contributed by atoms with Crippen LogP contribution in [0.2, 0.25) is 5.02 Å². The van der Waals surface area contributed by atoms with Gasteiger partial charge in [0.2, 0.25) is 5.91 Å². The number of aromatic nitrogens is 2. The number of carbonyl (C=O) groups is 1. The molecule has 2 unspecified atom stereocenters. The van der Waals surface area contributed by atoms with Gasteiger partial charge in [-0.2, -0.15) is 0 Å². The molecule has 7 heteroatoms. The average Bonchev–Trinajstić information content (AvgIpc) is 2.64. The molecule has 138 valence electrons. The number of fused-ring (bicyclic) bond motifs is 1. The van der Waals surface area contributed by atoms with Gasteiger partial charge in [-0.3, -0.25) is 4.79 Å². The second-order valence-electron chi connectivity index (χ2n) is 6.88. The number of carbonyl (C=O) groups excluding carboxylic acids is 1. The molecule has 1 aromatic heterocycles. The summed E-state index contributed by atoms with van der Waals surface area (Å²) in [5.74, 6) is 0.437. The molecule has 1 aliphatic rings. The molecule has 6 nitrogen and oxygen atoms in total. The Labute approximate surface area is 162 Å². The largest absolute Gasteiger partial charge is 0.368 e. The average molecular weight is 382 g/mol. The van der Waals surface area contributed by atoms with Crippen molar-refractivity contribution in [1.82, 2.24) is 9.97 Å². The third-order valence-corrected chi connectivity index (χ3v) is 5.46. The molecule has 2 atom stereocenters. The minimum absolute atomic E-state index is 0.163. The van der Waals surface area contributed by atoms with Gasteiger partial charge in [0.05, 0.1) is 11.6 Å². The number of hydrogen-bond donors (Lipinski definition) is 2. The van der Waals surface area contributed by atoms with Gasteiger partial charge in [0.15, 0.2) is 0 Å². The molecule has 1 saturated heterocycles. The summed E-state index contributed by atoms with van der Waals surface area (Å²) in [6.07, 6.45) is 1.58. The predicted molar refractivity (Wildman–Crippen MR) is 107 cm³/mol. The summed E-state index contributed by atoms with van der Waals surface area (Å²) < 4.78 is 0. The van der Waals surface area contributed by atoms with E-state index in [1.165, 1.54) is 0 Å². The summed E-state index contributed by atoms with van der Waals surface area (Å²) >= 11 is 6.00. The molecule has 4 rings (SSSR count). The number of nitrogens with two attached hydrogens (primary N) is 2. The first-order valence-corrected chi connectivity index (χ1v) is 9.17. The molecule has 0 spiro atoms. The van der Waals surface area contributed by atoms with E-state index in [2.05, 4.69) is 14.9 Å². The fourth-order valence-corrected chi connectivity index (χ4v) is 3.92. The molecule has 0 radical (unpaired) electrons. The van der Waals surface area contributed by atoms with Crippen molar-refractivity contribution in [3.05, 3.63) is 65.4 Å². The molecular formula is C20H20ClN5O. The van der Waals surface area contributed by atoms with E-state index in [0.717, 1.165) is 35.4 Å². The first-order chi connectivity index (χ1) is 13.0. The van der Waals surface area contributed by atoms with Crippen LogP contribution in [0.3, 0.4) is 0 Å². The number of nitrogens with zero attached hydrogens (tertiary/aromatic N) is 3. The van der Waals surface area contributed by atoms with Crippen molar-refractivity contribution < 1.29 is 4.79 Å². The summed E-state index contributed by atoms with van der Waals surface area (Å²) in [4.78, 5) is 22.7. The van der Waals surface area contributed by atoms with Gasteiger partial charge in [0.25, 0.3) is 0 Å². The lowest BCUT2D eigenvalue weighted by molar-refractivity contribution is -0.120. The first-order valence-electron chi connectivity index (χ1n) is 8.79. The minimum Gasteiger partial charge on any atom is -0.368 e. The number of amides is 1. The molecule has 0 bridgehead atoms. The summed E-state index contributed by atoms with van der Waals surface area (Å²) in [5, 5.41) is 1.66. The van der Waals surface area contributed by atoms with Gasteiger partial charge in [0.1, 0.15) is 12.1 Å². The quantitative estimate of drug-likeness (QED) is 0.706. The van der Waals surface area contributed by atoms with Gasteiger partial charge in [-0.05, 0) is 29.8 Å². The molecule has 1 fully saturated rings. The fourth-order valence-electron chi connectivity index (χ4n) is 3.79. The number of primary amides is 1. The van der Waals surface area contributed by atoms with Crippen molar-refractivity contribution in [3.8, 4) is 0 Å². The van der Waals surface area contributed by atoms with E-state index in [4.69, 9.17) is 23.1 Å². The van der Waals surface area contributed by atoms with Gasteiger partial charge in [-0.15, -0.1) is 0 Å². The van der Waals surface area contributed by atoms with E-state index in [1.807, 2.05) is 48.5 Å². The molecule has 0 aliphatic carbocycles. The van der Waals surface area contributed by atoms with Crippen molar-refractivity contribution >= 4 is 34.2 Å². The SMILES string of the molecule is NC(=O)C(N)C(c1ccc(Cl)cc1)C1CN(c2ncnc3ccccc23)C1. The topological polar surface area (TPSA) is 98.1 Å². The second-order valence-corrected chi connectivity index (χ2v) is 7.32. The Morgan fingerprint density at radius 3 is 2.52 bits per heavy atom. The zero-order valence-electron chi connectivity index (χ0n) is 14.6. The maximum absolute atomic E-state index is 11.8. The van der Waals surface area contributed by atoms with Crippen LogP contribution in [0.4, 0.5) is 5.82 Å². The highest BCUT2D eigenvalue weighted by Gasteiger charge is 2.40. The molecule has 1 amide bonds. The lowest BCUT2D eigenvalue weighted by Gasteiger charge is -2.45. The zero-order valence-corrected chi connectivity index (χ0v) is 15.4. The third kappa shape index (κ3) is 3.34. The number of halogens is 1. The van der Waals surface area contributed by atoms with Gasteiger partial charge in [-0.1, -0.05) is 35.9 Å². The first kappa shape index (κ1) is 17.7. The van der Waals surface area contributed by atoms with Crippen LogP contribution in [0.25, 0.3) is 10.9 Å². The van der Waals surface area contributed by atoms with Gasteiger partial charge in [-0.25, -0.2) is 9.97 Å². The molecule has 27 heavy (non-hydrogen) atoms. The highest BCUT2D eigenvalue weighted by Crippen LogP contribution is 2.38. The lowest BCUT2D eigenvalue weighted by atomic mass is 9.76. The van der Waals surface area contributed by atoms with E-state index in [0.29, 0.717) is 5.02 Å². The van der Waals surface area contributed by atoms with E-state index in [1.54, 1.807) is 6.33 Å². The van der Waals surface area contributed by atoms with Gasteiger partial charge < -0.3 is 16.4 Å². The monoisotopic (exact) mass is 381 g/mol. The van der Waals surface area contributed by atoms with Crippen molar-refractivity contribution in [2.24, 2.45) is 17.4 Å². The van der Waals surface area contributed by atoms with Crippen LogP contribution in [0.1, 0.15) is 11.5 Å². The number of hydrogen-bond acceptors (Lipinski definition) is 5. The molecule has 2 heterocycles. The maximum atomic E-state index is 11.8. The second kappa shape index (κ2) is 7.13. The highest BCUT2D eigenvalue weighted by molar-refractivity contribution is 6.30. The number of para-hydroxylation sites is 1. The molecule has 1 aliphatic heterocycles. The third-order valence-electron chi connectivity index (χ3n) is 5.21. The number of benzene rings is 2. The van der Waals surface area contributed by atoms with E-state index in [-0.39, 0.29) is 11.8 Å². The predicted octanol–water partition coefficient (Wildman–Crippen LogP) is 2.32. The van der Waals surface area contributed by atoms with Crippen LogP contribution in [0.5, 0.6) is 0 Å². The van der Waals surface area contributed by atoms with Crippen molar-refractivity contribution in [1.29, 1.82) is 0 Å². The Hall–Kier alpha value is -2.70. The molecule has 4 N–H and O–H groups in total. The smallest absolute Gasteiger partial charge is 0.234 e. The van der Waals surface area contributed by atoms with Crippen LogP contribution in [0, 0.1) is 5.92 Å². The van der Waals surface area contributed by atoms with E-state index < -0.39 is 11.9 Å². The van der Waals surface area contributed by atoms with Crippen LogP contribution in [-0.2, 0) is 4.79 Å². The summed E-state index contributed by atoms with van der Waals surface area (Å²) in [6.45, 7) is 1.49. The Morgan fingerprint density at radius 2 is 1.81 bits per heavy atom. The Bertz CT molecular complexity index is 966. The molecule has 2 aromatic carbocycles. The summed E-state index contributed by atoms with van der Waals surface area (Å²) in [6, 6.07) is 14.6. The minimum atomic E-state index is -0.750. The lowest BCUT2D eigenvalue weighted by Crippen LogP contribution is -2.55. The molecular weight excluding hydrogens is 362 g/mol. The van der Waals surface area contributed by atoms with Crippen LogP contribution >= 0.6 is 11.6 Å². The fraction of sp³-hybridized carbons (Fsp3) is 0.250. The Morgan fingerprint density at radius 1 is 1.11 bits per heavy atom. The van der Waals surface area contributed by atoms with Crippen LogP contribution < -0.4 is 16.4 Å². The van der Waals surface area contributed by atoms with Gasteiger partial charge >= 0.3 is 0 Å². The van der Waals surface area contributed by atoms with Crippen molar-refractivity contribution in [2.45, 2.75) is 12.0 Å². The van der Waals surface area contributed by atoms with E-state index in [9.17, 15) is 4.79 Å². The number of anilines is 1.